The van der Waals surface area contributed by atoms with Gasteiger partial charge in [-0.2, -0.15) is 0 Å². The first-order valence-corrected chi connectivity index (χ1v) is 5.14. The highest BCUT2D eigenvalue weighted by Gasteiger charge is 2.05. The molecule has 1 aromatic heterocycles. The maximum Gasteiger partial charge on any atom is 0.193 e. The third kappa shape index (κ3) is 1.92. The molecule has 4 nitrogen and oxygen atoms in total. The quantitative estimate of drug-likeness (QED) is 0.852. The normalized spacial score (nSPS) is 10.6. The largest absolute Gasteiger partial charge is 0.494 e. The van der Waals surface area contributed by atoms with Crippen LogP contribution in [0.25, 0.3) is 11.0 Å². The Labute approximate surface area is 92.6 Å². The van der Waals surface area contributed by atoms with E-state index in [0.29, 0.717) is 29.1 Å². The van der Waals surface area contributed by atoms with Gasteiger partial charge in [-0.25, -0.2) is 0 Å². The van der Waals surface area contributed by atoms with Gasteiger partial charge >= 0.3 is 0 Å². The monoisotopic (exact) mass is 219 g/mol. The van der Waals surface area contributed by atoms with Crippen molar-refractivity contribution >= 4 is 11.0 Å². The fourth-order valence-corrected chi connectivity index (χ4v) is 1.54. The highest BCUT2D eigenvalue weighted by molar-refractivity contribution is 5.77. The Morgan fingerprint density at radius 3 is 2.88 bits per heavy atom. The summed E-state index contributed by atoms with van der Waals surface area (Å²) in [5.74, 6) is 1.17. The van der Waals surface area contributed by atoms with E-state index in [1.807, 2.05) is 6.92 Å². The van der Waals surface area contributed by atoms with Gasteiger partial charge in [-0.1, -0.05) is 0 Å². The van der Waals surface area contributed by atoms with Gasteiger partial charge in [0.15, 0.2) is 5.43 Å². The van der Waals surface area contributed by atoms with Crippen molar-refractivity contribution in [2.24, 2.45) is 5.73 Å². The summed E-state index contributed by atoms with van der Waals surface area (Å²) in [6.45, 7) is 2.69. The summed E-state index contributed by atoms with van der Waals surface area (Å²) in [5, 5.41) is 0.542. The molecule has 0 aliphatic carbocycles. The highest BCUT2D eigenvalue weighted by Crippen LogP contribution is 2.19. The van der Waals surface area contributed by atoms with E-state index >= 15 is 0 Å². The smallest absolute Gasteiger partial charge is 0.193 e. The summed E-state index contributed by atoms with van der Waals surface area (Å²) in [6, 6.07) is 6.58. The van der Waals surface area contributed by atoms with Crippen molar-refractivity contribution in [1.29, 1.82) is 0 Å². The zero-order chi connectivity index (χ0) is 11.5. The second kappa shape index (κ2) is 4.37. The third-order valence-electron chi connectivity index (χ3n) is 2.26. The number of rotatable bonds is 3. The van der Waals surface area contributed by atoms with Crippen molar-refractivity contribution in [2.75, 3.05) is 6.61 Å². The summed E-state index contributed by atoms with van der Waals surface area (Å²) in [6.07, 6.45) is 0. The molecule has 0 bridgehead atoms. The molecule has 0 saturated heterocycles. The molecule has 0 aliphatic heterocycles. The number of ether oxygens (including phenoxy) is 1. The second-order valence-electron chi connectivity index (χ2n) is 3.37. The van der Waals surface area contributed by atoms with E-state index in [0.717, 1.165) is 0 Å². The maximum absolute atomic E-state index is 11.7. The minimum Gasteiger partial charge on any atom is -0.494 e. The standard InChI is InChI=1S/C12H13NO3/c1-2-15-8-3-4-10-11(14)5-9(7-13)16-12(10)6-8/h3-6H,2,7,13H2,1H3. The van der Waals surface area contributed by atoms with Crippen molar-refractivity contribution in [1.82, 2.24) is 0 Å². The van der Waals surface area contributed by atoms with Crippen molar-refractivity contribution in [3.05, 3.63) is 40.2 Å². The van der Waals surface area contributed by atoms with E-state index < -0.39 is 0 Å². The second-order valence-corrected chi connectivity index (χ2v) is 3.37. The van der Waals surface area contributed by atoms with E-state index in [-0.39, 0.29) is 12.0 Å². The van der Waals surface area contributed by atoms with E-state index in [1.54, 1.807) is 18.2 Å². The van der Waals surface area contributed by atoms with Gasteiger partial charge in [0.25, 0.3) is 0 Å². The fourth-order valence-electron chi connectivity index (χ4n) is 1.54. The molecule has 1 aromatic carbocycles. The SMILES string of the molecule is CCOc1ccc2c(=O)cc(CN)oc2c1. The molecule has 4 heteroatoms. The van der Waals surface area contributed by atoms with Gasteiger partial charge in [0.2, 0.25) is 0 Å². The van der Waals surface area contributed by atoms with Crippen LogP contribution in [0.4, 0.5) is 0 Å². The lowest BCUT2D eigenvalue weighted by molar-refractivity contribution is 0.340. The van der Waals surface area contributed by atoms with Gasteiger partial charge in [0, 0.05) is 12.1 Å². The van der Waals surface area contributed by atoms with E-state index in [4.69, 9.17) is 14.9 Å². The lowest BCUT2D eigenvalue weighted by Crippen LogP contribution is -2.05. The van der Waals surface area contributed by atoms with Crippen LogP contribution in [-0.2, 0) is 6.54 Å². The molecule has 0 aliphatic rings. The molecule has 2 aromatic rings. The Bertz CT molecular complexity index is 560. The summed E-state index contributed by atoms with van der Waals surface area (Å²) in [7, 11) is 0. The fraction of sp³-hybridized carbons (Fsp3) is 0.250. The van der Waals surface area contributed by atoms with Crippen molar-refractivity contribution in [2.45, 2.75) is 13.5 Å². The molecule has 1 heterocycles. The Balaban J connectivity index is 2.62. The number of hydrogen-bond acceptors (Lipinski definition) is 4. The average molecular weight is 219 g/mol. The van der Waals surface area contributed by atoms with Crippen LogP contribution in [0.5, 0.6) is 5.75 Å². The minimum absolute atomic E-state index is 0.0789. The van der Waals surface area contributed by atoms with Gasteiger partial charge < -0.3 is 14.9 Å². The Kier molecular flexibility index (Phi) is 2.92. The van der Waals surface area contributed by atoms with E-state index in [2.05, 4.69) is 0 Å². The molecule has 0 spiro atoms. The highest BCUT2D eigenvalue weighted by atomic mass is 16.5. The van der Waals surface area contributed by atoms with Crippen molar-refractivity contribution < 1.29 is 9.15 Å². The zero-order valence-electron chi connectivity index (χ0n) is 9.03. The first-order valence-electron chi connectivity index (χ1n) is 5.14. The van der Waals surface area contributed by atoms with Crippen LogP contribution in [-0.4, -0.2) is 6.61 Å². The summed E-state index contributed by atoms with van der Waals surface area (Å²) >= 11 is 0. The molecular weight excluding hydrogens is 206 g/mol. The Morgan fingerprint density at radius 1 is 1.38 bits per heavy atom. The minimum atomic E-state index is -0.0789. The summed E-state index contributed by atoms with van der Waals surface area (Å²) < 4.78 is 10.8. The van der Waals surface area contributed by atoms with Crippen LogP contribution >= 0.6 is 0 Å². The first-order chi connectivity index (χ1) is 7.74. The van der Waals surface area contributed by atoms with Crippen LogP contribution in [0.1, 0.15) is 12.7 Å². The van der Waals surface area contributed by atoms with Crippen LogP contribution in [0.3, 0.4) is 0 Å². The van der Waals surface area contributed by atoms with E-state index in [9.17, 15) is 4.79 Å². The third-order valence-corrected chi connectivity index (χ3v) is 2.26. The predicted molar refractivity (Wildman–Crippen MR) is 61.5 cm³/mol. The lowest BCUT2D eigenvalue weighted by Gasteiger charge is -2.04. The maximum atomic E-state index is 11.7. The van der Waals surface area contributed by atoms with Crippen LogP contribution in [0.15, 0.2) is 33.5 Å². The molecule has 84 valence electrons. The van der Waals surface area contributed by atoms with Crippen molar-refractivity contribution in [3.63, 3.8) is 0 Å². The Hall–Kier alpha value is -1.81. The average Bonchev–Trinajstić information content (AvgIpc) is 2.29. The van der Waals surface area contributed by atoms with Gasteiger partial charge in [-0.05, 0) is 19.1 Å². The van der Waals surface area contributed by atoms with Gasteiger partial charge in [0.1, 0.15) is 17.1 Å². The predicted octanol–water partition coefficient (Wildman–Crippen LogP) is 1.65. The number of hydrogen-bond donors (Lipinski definition) is 1. The lowest BCUT2D eigenvalue weighted by atomic mass is 10.2. The van der Waals surface area contributed by atoms with Crippen LogP contribution in [0.2, 0.25) is 0 Å². The first kappa shape index (κ1) is 10.7. The van der Waals surface area contributed by atoms with Gasteiger partial charge in [0.05, 0.1) is 18.5 Å². The molecule has 0 fully saturated rings. The summed E-state index contributed by atoms with van der Waals surface area (Å²) in [4.78, 5) is 11.7. The van der Waals surface area contributed by atoms with Crippen LogP contribution in [0, 0.1) is 0 Å². The molecule has 0 radical (unpaired) electrons. The molecule has 2 N–H and O–H groups in total. The van der Waals surface area contributed by atoms with Gasteiger partial charge in [-0.3, -0.25) is 4.79 Å². The molecule has 0 unspecified atom stereocenters. The molecule has 0 saturated carbocycles. The molecule has 0 amide bonds. The molecule has 16 heavy (non-hydrogen) atoms. The number of benzene rings is 1. The number of nitrogens with two attached hydrogens (primary N) is 1. The zero-order valence-corrected chi connectivity index (χ0v) is 9.03. The van der Waals surface area contributed by atoms with Crippen LogP contribution < -0.4 is 15.9 Å². The topological polar surface area (TPSA) is 65.5 Å². The van der Waals surface area contributed by atoms with Gasteiger partial charge in [-0.15, -0.1) is 0 Å². The molecular formula is C12H13NO3. The van der Waals surface area contributed by atoms with Crippen molar-refractivity contribution in [3.8, 4) is 5.75 Å². The molecule has 2 rings (SSSR count). The van der Waals surface area contributed by atoms with E-state index in [1.165, 1.54) is 6.07 Å². The summed E-state index contributed by atoms with van der Waals surface area (Å²) in [5.41, 5.74) is 5.88. The number of fused-ring (bicyclic) bond motifs is 1. The molecule has 0 atom stereocenters. The Morgan fingerprint density at radius 2 is 2.19 bits per heavy atom.